The summed E-state index contributed by atoms with van der Waals surface area (Å²) in [5, 5.41) is 7.23. The summed E-state index contributed by atoms with van der Waals surface area (Å²) in [6, 6.07) is 0.794. The maximum absolute atomic E-state index is 3.73. The van der Waals surface area contributed by atoms with Crippen molar-refractivity contribution in [1.82, 2.24) is 10.6 Å². The van der Waals surface area contributed by atoms with E-state index in [-0.39, 0.29) is 0 Å². The Bertz CT molecular complexity index is 159. The van der Waals surface area contributed by atoms with Crippen molar-refractivity contribution < 1.29 is 0 Å². The zero-order chi connectivity index (χ0) is 9.31. The van der Waals surface area contributed by atoms with E-state index < -0.39 is 0 Å². The first kappa shape index (κ1) is 9.47. The topological polar surface area (TPSA) is 24.1 Å². The van der Waals surface area contributed by atoms with Crippen LogP contribution in [0.5, 0.6) is 0 Å². The monoisotopic (exact) mass is 182 g/mol. The molecular weight excluding hydrogens is 160 g/mol. The zero-order valence-corrected chi connectivity index (χ0v) is 8.90. The molecule has 0 aromatic heterocycles. The predicted octanol–water partition coefficient (Wildman–Crippen LogP) is 1.37. The van der Waals surface area contributed by atoms with Crippen LogP contribution in [-0.2, 0) is 0 Å². The summed E-state index contributed by atoms with van der Waals surface area (Å²) in [5.74, 6) is 0.885. The van der Waals surface area contributed by atoms with E-state index in [2.05, 4.69) is 24.5 Å². The van der Waals surface area contributed by atoms with Crippen LogP contribution in [0.1, 0.15) is 33.1 Å². The summed E-state index contributed by atoms with van der Waals surface area (Å²) in [4.78, 5) is 0. The fourth-order valence-electron chi connectivity index (χ4n) is 2.57. The Morgan fingerprint density at radius 1 is 1.23 bits per heavy atom. The van der Waals surface area contributed by atoms with Gasteiger partial charge in [-0.15, -0.1) is 0 Å². The average Bonchev–Trinajstić information content (AvgIpc) is 2.27. The lowest BCUT2D eigenvalue weighted by molar-refractivity contribution is 0.284. The van der Waals surface area contributed by atoms with Gasteiger partial charge in [0.25, 0.3) is 0 Å². The molecule has 2 heterocycles. The first-order valence-electron chi connectivity index (χ1n) is 5.61. The molecule has 0 amide bonds. The van der Waals surface area contributed by atoms with Crippen LogP contribution in [0, 0.1) is 11.3 Å². The van der Waals surface area contributed by atoms with Crippen molar-refractivity contribution in [3.05, 3.63) is 0 Å². The number of rotatable bonds is 0. The highest BCUT2D eigenvalue weighted by atomic mass is 15.0. The number of fused-ring (bicyclic) bond motifs is 1. The van der Waals surface area contributed by atoms with Crippen molar-refractivity contribution in [2.45, 2.75) is 39.2 Å². The van der Waals surface area contributed by atoms with Gasteiger partial charge in [0.05, 0.1) is 0 Å². The van der Waals surface area contributed by atoms with Crippen LogP contribution in [-0.4, -0.2) is 25.7 Å². The first-order valence-corrected chi connectivity index (χ1v) is 5.61. The molecule has 0 aromatic rings. The Kier molecular flexibility index (Phi) is 2.61. The molecule has 76 valence electrons. The molecule has 2 unspecified atom stereocenters. The van der Waals surface area contributed by atoms with Gasteiger partial charge < -0.3 is 10.6 Å². The summed E-state index contributed by atoms with van der Waals surface area (Å²) < 4.78 is 0. The van der Waals surface area contributed by atoms with Crippen LogP contribution >= 0.6 is 0 Å². The summed E-state index contributed by atoms with van der Waals surface area (Å²) in [7, 11) is 0. The normalized spacial score (nSPS) is 39.2. The second-order valence-electron chi connectivity index (χ2n) is 5.44. The molecule has 2 aliphatic heterocycles. The highest BCUT2D eigenvalue weighted by Crippen LogP contribution is 2.30. The van der Waals surface area contributed by atoms with Crippen molar-refractivity contribution in [3.8, 4) is 0 Å². The molecule has 0 aromatic carbocycles. The molecule has 2 saturated heterocycles. The molecule has 2 fully saturated rings. The fourth-order valence-corrected chi connectivity index (χ4v) is 2.57. The third-order valence-electron chi connectivity index (χ3n) is 3.64. The molecule has 2 heteroatoms. The Balaban J connectivity index is 1.99. The van der Waals surface area contributed by atoms with Gasteiger partial charge in [-0.05, 0) is 43.7 Å². The Morgan fingerprint density at radius 3 is 2.92 bits per heavy atom. The maximum Gasteiger partial charge on any atom is 0.0120 e. The zero-order valence-electron chi connectivity index (χ0n) is 8.90. The van der Waals surface area contributed by atoms with Gasteiger partial charge in [-0.1, -0.05) is 13.8 Å². The standard InChI is InChI=1S/C11H22N2/c1-11(2)5-3-9-7-12-6-4-10(9)13-8-11/h9-10,12-13H,3-8H2,1-2H3. The van der Waals surface area contributed by atoms with Crippen LogP contribution < -0.4 is 10.6 Å². The first-order chi connectivity index (χ1) is 6.17. The van der Waals surface area contributed by atoms with E-state index in [1.165, 1.54) is 38.9 Å². The van der Waals surface area contributed by atoms with E-state index in [1.54, 1.807) is 0 Å². The van der Waals surface area contributed by atoms with Gasteiger partial charge in [-0.3, -0.25) is 0 Å². The summed E-state index contributed by atoms with van der Waals surface area (Å²) >= 11 is 0. The van der Waals surface area contributed by atoms with E-state index in [9.17, 15) is 0 Å². The van der Waals surface area contributed by atoms with Crippen LogP contribution in [0.2, 0.25) is 0 Å². The number of nitrogens with one attached hydrogen (secondary N) is 2. The molecule has 2 nitrogen and oxygen atoms in total. The fraction of sp³-hybridized carbons (Fsp3) is 1.00. The maximum atomic E-state index is 3.73. The van der Waals surface area contributed by atoms with Crippen molar-refractivity contribution in [1.29, 1.82) is 0 Å². The minimum atomic E-state index is 0.511. The quantitative estimate of drug-likeness (QED) is 0.591. The second-order valence-corrected chi connectivity index (χ2v) is 5.44. The number of hydrogen-bond acceptors (Lipinski definition) is 2. The molecule has 0 aliphatic carbocycles. The molecule has 13 heavy (non-hydrogen) atoms. The average molecular weight is 182 g/mol. The van der Waals surface area contributed by atoms with Crippen LogP contribution in [0.15, 0.2) is 0 Å². The lowest BCUT2D eigenvalue weighted by Gasteiger charge is -2.31. The van der Waals surface area contributed by atoms with E-state index in [4.69, 9.17) is 0 Å². The molecular formula is C11H22N2. The number of hydrogen-bond donors (Lipinski definition) is 2. The molecule has 2 rings (SSSR count). The lowest BCUT2D eigenvalue weighted by Crippen LogP contribution is -2.47. The molecule has 0 spiro atoms. The third-order valence-corrected chi connectivity index (χ3v) is 3.64. The van der Waals surface area contributed by atoms with Crippen molar-refractivity contribution >= 4 is 0 Å². The Labute approximate surface area is 81.5 Å². The van der Waals surface area contributed by atoms with Crippen molar-refractivity contribution in [3.63, 3.8) is 0 Å². The molecule has 2 atom stereocenters. The van der Waals surface area contributed by atoms with Crippen molar-refractivity contribution in [2.75, 3.05) is 19.6 Å². The van der Waals surface area contributed by atoms with Gasteiger partial charge in [-0.25, -0.2) is 0 Å². The molecule has 2 N–H and O–H groups in total. The van der Waals surface area contributed by atoms with Gasteiger partial charge >= 0.3 is 0 Å². The highest BCUT2D eigenvalue weighted by Gasteiger charge is 2.31. The lowest BCUT2D eigenvalue weighted by atomic mass is 9.84. The SMILES string of the molecule is CC1(C)CCC2CNCCC2NC1. The minimum absolute atomic E-state index is 0.511. The predicted molar refractivity (Wildman–Crippen MR) is 55.8 cm³/mol. The van der Waals surface area contributed by atoms with Crippen molar-refractivity contribution in [2.24, 2.45) is 11.3 Å². The van der Waals surface area contributed by atoms with Crippen LogP contribution in [0.25, 0.3) is 0 Å². The Hall–Kier alpha value is -0.0800. The van der Waals surface area contributed by atoms with Gasteiger partial charge in [0.2, 0.25) is 0 Å². The summed E-state index contributed by atoms with van der Waals surface area (Å²) in [6.07, 6.45) is 4.10. The van der Waals surface area contributed by atoms with E-state index in [0.717, 1.165) is 12.0 Å². The summed E-state index contributed by atoms with van der Waals surface area (Å²) in [5.41, 5.74) is 0.511. The molecule has 0 saturated carbocycles. The van der Waals surface area contributed by atoms with Gasteiger partial charge in [-0.2, -0.15) is 0 Å². The molecule has 0 bridgehead atoms. The molecule has 0 radical (unpaired) electrons. The van der Waals surface area contributed by atoms with E-state index in [1.807, 2.05) is 0 Å². The van der Waals surface area contributed by atoms with Gasteiger partial charge in [0.15, 0.2) is 0 Å². The molecule has 2 aliphatic rings. The van der Waals surface area contributed by atoms with Crippen LogP contribution in [0.3, 0.4) is 0 Å². The van der Waals surface area contributed by atoms with Gasteiger partial charge in [0.1, 0.15) is 0 Å². The van der Waals surface area contributed by atoms with E-state index >= 15 is 0 Å². The number of piperidine rings is 1. The second kappa shape index (κ2) is 3.58. The largest absolute Gasteiger partial charge is 0.316 e. The highest BCUT2D eigenvalue weighted by molar-refractivity contribution is 4.89. The minimum Gasteiger partial charge on any atom is -0.316 e. The summed E-state index contributed by atoms with van der Waals surface area (Å²) in [6.45, 7) is 8.39. The Morgan fingerprint density at radius 2 is 2.08 bits per heavy atom. The van der Waals surface area contributed by atoms with E-state index in [0.29, 0.717) is 5.41 Å². The third kappa shape index (κ3) is 2.23. The van der Waals surface area contributed by atoms with Crippen LogP contribution in [0.4, 0.5) is 0 Å². The van der Waals surface area contributed by atoms with Gasteiger partial charge in [0, 0.05) is 12.6 Å². The smallest absolute Gasteiger partial charge is 0.0120 e.